The summed E-state index contributed by atoms with van der Waals surface area (Å²) in [4.78, 5) is 13.6. The van der Waals surface area contributed by atoms with Crippen LogP contribution in [-0.2, 0) is 4.74 Å². The number of hydrogen-bond acceptors (Lipinski definition) is 3. The quantitative estimate of drug-likeness (QED) is 0.723. The van der Waals surface area contributed by atoms with Gasteiger partial charge >= 0.3 is 6.09 Å². The van der Waals surface area contributed by atoms with E-state index in [1.807, 2.05) is 27.7 Å². The second-order valence-corrected chi connectivity index (χ2v) is 5.24. The van der Waals surface area contributed by atoms with Crippen LogP contribution in [0.5, 0.6) is 0 Å². The molecule has 0 spiro atoms. The molecule has 1 saturated heterocycles. The highest BCUT2D eigenvalue weighted by Crippen LogP contribution is 2.22. The number of nitrogens with zero attached hydrogens (tertiary/aromatic N) is 1. The van der Waals surface area contributed by atoms with E-state index in [0.29, 0.717) is 0 Å². The summed E-state index contributed by atoms with van der Waals surface area (Å²) >= 11 is 0. The lowest BCUT2D eigenvalue weighted by Gasteiger charge is -2.30. The van der Waals surface area contributed by atoms with Gasteiger partial charge in [-0.2, -0.15) is 0 Å². The highest BCUT2D eigenvalue weighted by atomic mass is 16.6. The molecular formula is C11H22N2O2. The Bertz CT molecular complexity index is 233. The average molecular weight is 214 g/mol. The summed E-state index contributed by atoms with van der Waals surface area (Å²) in [5, 5.41) is 0. The molecule has 88 valence electrons. The van der Waals surface area contributed by atoms with Gasteiger partial charge < -0.3 is 15.4 Å². The molecule has 0 aromatic carbocycles. The maximum Gasteiger partial charge on any atom is 0.410 e. The van der Waals surface area contributed by atoms with Crippen molar-refractivity contribution in [1.29, 1.82) is 0 Å². The normalized spacial score (nSPS) is 24.1. The van der Waals surface area contributed by atoms with Gasteiger partial charge in [-0.3, -0.25) is 0 Å². The van der Waals surface area contributed by atoms with Crippen molar-refractivity contribution in [1.82, 2.24) is 4.90 Å². The number of carbonyl (C=O) groups excluding carboxylic acids is 1. The fourth-order valence-corrected chi connectivity index (χ4v) is 1.89. The number of rotatable bonds is 1. The molecule has 2 N–H and O–H groups in total. The third kappa shape index (κ3) is 3.38. The summed E-state index contributed by atoms with van der Waals surface area (Å²) in [5.74, 6) is 0. The first-order valence-electron chi connectivity index (χ1n) is 5.56. The van der Waals surface area contributed by atoms with Gasteiger partial charge in [0.15, 0.2) is 0 Å². The minimum Gasteiger partial charge on any atom is -0.444 e. The summed E-state index contributed by atoms with van der Waals surface area (Å²) < 4.78 is 5.33. The smallest absolute Gasteiger partial charge is 0.410 e. The molecule has 1 aliphatic rings. The molecule has 1 rings (SSSR count). The molecule has 15 heavy (non-hydrogen) atoms. The van der Waals surface area contributed by atoms with Crippen molar-refractivity contribution in [3.63, 3.8) is 0 Å². The van der Waals surface area contributed by atoms with Gasteiger partial charge in [-0.25, -0.2) is 4.79 Å². The van der Waals surface area contributed by atoms with Crippen LogP contribution in [0.3, 0.4) is 0 Å². The van der Waals surface area contributed by atoms with Gasteiger partial charge in [-0.1, -0.05) is 0 Å². The van der Waals surface area contributed by atoms with E-state index in [0.717, 1.165) is 19.4 Å². The molecule has 1 fully saturated rings. The van der Waals surface area contributed by atoms with Crippen LogP contribution in [0.4, 0.5) is 4.79 Å². The van der Waals surface area contributed by atoms with Gasteiger partial charge in [-0.15, -0.1) is 0 Å². The van der Waals surface area contributed by atoms with Gasteiger partial charge in [0.1, 0.15) is 5.60 Å². The summed E-state index contributed by atoms with van der Waals surface area (Å²) in [6.07, 6.45) is 1.77. The summed E-state index contributed by atoms with van der Waals surface area (Å²) in [6.45, 7) is 8.33. The van der Waals surface area contributed by atoms with Crippen molar-refractivity contribution in [3.8, 4) is 0 Å². The Morgan fingerprint density at radius 2 is 2.13 bits per heavy atom. The van der Waals surface area contributed by atoms with E-state index in [9.17, 15) is 4.79 Å². The minimum absolute atomic E-state index is 0.0139. The van der Waals surface area contributed by atoms with Crippen LogP contribution >= 0.6 is 0 Å². The molecule has 0 radical (unpaired) electrons. The van der Waals surface area contributed by atoms with Crippen LogP contribution in [0.25, 0.3) is 0 Å². The predicted molar refractivity (Wildman–Crippen MR) is 59.6 cm³/mol. The summed E-state index contributed by atoms with van der Waals surface area (Å²) in [5.41, 5.74) is 5.41. The van der Waals surface area contributed by atoms with E-state index in [2.05, 4.69) is 0 Å². The molecule has 0 unspecified atom stereocenters. The Hall–Kier alpha value is -0.770. The van der Waals surface area contributed by atoms with E-state index >= 15 is 0 Å². The van der Waals surface area contributed by atoms with Gasteiger partial charge in [0, 0.05) is 18.6 Å². The zero-order chi connectivity index (χ0) is 11.6. The van der Waals surface area contributed by atoms with Gasteiger partial charge in [0.25, 0.3) is 0 Å². The van der Waals surface area contributed by atoms with Crippen molar-refractivity contribution in [3.05, 3.63) is 0 Å². The maximum absolute atomic E-state index is 11.8. The van der Waals surface area contributed by atoms with Gasteiger partial charge in [0.05, 0.1) is 0 Å². The van der Waals surface area contributed by atoms with Crippen LogP contribution in [0.15, 0.2) is 0 Å². The van der Waals surface area contributed by atoms with Gasteiger partial charge in [-0.05, 0) is 40.5 Å². The number of ether oxygens (including phenoxy) is 1. The Kier molecular flexibility index (Phi) is 3.60. The lowest BCUT2D eigenvalue weighted by atomic mass is 10.1. The Labute approximate surface area is 91.8 Å². The fraction of sp³-hybridized carbons (Fsp3) is 0.909. The molecule has 0 aromatic heterocycles. The molecule has 0 saturated carbocycles. The van der Waals surface area contributed by atoms with Crippen LogP contribution in [-0.4, -0.2) is 35.2 Å². The predicted octanol–water partition coefficient (Wildman–Crippen LogP) is 1.73. The zero-order valence-electron chi connectivity index (χ0n) is 10.1. The van der Waals surface area contributed by atoms with E-state index in [1.54, 1.807) is 4.90 Å². The fourth-order valence-electron chi connectivity index (χ4n) is 1.89. The lowest BCUT2D eigenvalue weighted by Crippen LogP contribution is -2.47. The van der Waals surface area contributed by atoms with Crippen molar-refractivity contribution >= 4 is 6.09 Å². The Morgan fingerprint density at radius 1 is 1.53 bits per heavy atom. The first-order valence-corrected chi connectivity index (χ1v) is 5.56. The van der Waals surface area contributed by atoms with E-state index in [4.69, 9.17) is 10.5 Å². The molecule has 0 aliphatic carbocycles. The number of amides is 1. The lowest BCUT2D eigenvalue weighted by molar-refractivity contribution is 0.0211. The first-order chi connectivity index (χ1) is 6.81. The Balaban J connectivity index is 2.59. The van der Waals surface area contributed by atoms with Gasteiger partial charge in [0.2, 0.25) is 0 Å². The largest absolute Gasteiger partial charge is 0.444 e. The maximum atomic E-state index is 11.8. The van der Waals surface area contributed by atoms with Crippen LogP contribution in [0.1, 0.15) is 40.5 Å². The summed E-state index contributed by atoms with van der Waals surface area (Å²) in [6, 6.07) is 0.153. The highest BCUT2D eigenvalue weighted by Gasteiger charge is 2.33. The second-order valence-electron chi connectivity index (χ2n) is 5.24. The molecule has 0 aromatic rings. The van der Waals surface area contributed by atoms with Crippen LogP contribution < -0.4 is 5.73 Å². The second kappa shape index (κ2) is 4.39. The van der Waals surface area contributed by atoms with E-state index < -0.39 is 5.60 Å². The van der Waals surface area contributed by atoms with Crippen LogP contribution in [0.2, 0.25) is 0 Å². The molecule has 2 atom stereocenters. The highest BCUT2D eigenvalue weighted by molar-refractivity contribution is 5.69. The monoisotopic (exact) mass is 214 g/mol. The molecule has 1 heterocycles. The number of hydrogen-bond donors (Lipinski definition) is 1. The molecular weight excluding hydrogens is 192 g/mol. The molecule has 4 heteroatoms. The average Bonchev–Trinajstić information content (AvgIpc) is 2.47. The van der Waals surface area contributed by atoms with Crippen molar-refractivity contribution in [2.24, 2.45) is 5.73 Å². The number of carbonyl (C=O) groups is 1. The first kappa shape index (κ1) is 12.3. The summed E-state index contributed by atoms with van der Waals surface area (Å²) in [7, 11) is 0. The van der Waals surface area contributed by atoms with E-state index in [-0.39, 0.29) is 18.2 Å². The van der Waals surface area contributed by atoms with Crippen molar-refractivity contribution in [2.45, 2.75) is 58.2 Å². The SMILES string of the molecule is C[C@H](N)[C@@H]1CCCN1C(=O)OC(C)(C)C. The third-order valence-electron chi connectivity index (χ3n) is 2.53. The molecule has 1 aliphatic heterocycles. The standard InChI is InChI=1S/C11H22N2O2/c1-8(12)9-6-5-7-13(9)10(14)15-11(2,3)4/h8-9H,5-7,12H2,1-4H3/t8-,9-/m0/s1. The van der Waals surface area contributed by atoms with Crippen LogP contribution in [0, 0.1) is 0 Å². The number of nitrogens with two attached hydrogens (primary N) is 1. The molecule has 1 amide bonds. The minimum atomic E-state index is -0.429. The van der Waals surface area contributed by atoms with E-state index in [1.165, 1.54) is 0 Å². The Morgan fingerprint density at radius 3 is 2.60 bits per heavy atom. The molecule has 4 nitrogen and oxygen atoms in total. The van der Waals surface area contributed by atoms with Crippen molar-refractivity contribution in [2.75, 3.05) is 6.54 Å². The number of likely N-dealkylation sites (tertiary alicyclic amines) is 1. The molecule has 0 bridgehead atoms. The topological polar surface area (TPSA) is 55.6 Å². The third-order valence-corrected chi connectivity index (χ3v) is 2.53. The zero-order valence-corrected chi connectivity index (χ0v) is 10.1. The van der Waals surface area contributed by atoms with Crippen molar-refractivity contribution < 1.29 is 9.53 Å².